The molecule has 1 aromatic heterocycles. The van der Waals surface area contributed by atoms with Crippen LogP contribution in [-0.2, 0) is 11.2 Å². The number of nitrogens with one attached hydrogen (secondary N) is 3. The van der Waals surface area contributed by atoms with E-state index in [0.29, 0.717) is 0 Å². The van der Waals surface area contributed by atoms with Gasteiger partial charge in [0.1, 0.15) is 0 Å². The first-order valence-electron chi connectivity index (χ1n) is 6.73. The number of H-pyrrole nitrogens is 2. The lowest BCUT2D eigenvalue weighted by atomic mass is 9.96. The van der Waals surface area contributed by atoms with Gasteiger partial charge in [-0.05, 0) is 5.92 Å². The zero-order chi connectivity index (χ0) is 15.1. The third kappa shape index (κ3) is 5.00. The predicted octanol–water partition coefficient (Wildman–Crippen LogP) is -0.481. The zero-order valence-electron chi connectivity index (χ0n) is 11.7. The Morgan fingerprint density at radius 2 is 1.95 bits per heavy atom. The molecule has 1 aromatic rings. The highest BCUT2D eigenvalue weighted by Gasteiger charge is 2.16. The molecule has 0 aliphatic heterocycles. The topological polar surface area (TPSA) is 115 Å². The van der Waals surface area contributed by atoms with Crippen molar-refractivity contribution < 1.29 is 9.90 Å². The molecule has 0 radical (unpaired) electrons. The highest BCUT2D eigenvalue weighted by atomic mass is 16.3. The molecule has 0 saturated heterocycles. The maximum Gasteiger partial charge on any atom is 0.325 e. The number of aromatic amines is 2. The molecule has 1 amide bonds. The molecule has 7 heteroatoms. The summed E-state index contributed by atoms with van der Waals surface area (Å²) >= 11 is 0. The highest BCUT2D eigenvalue weighted by molar-refractivity contribution is 5.78. The van der Waals surface area contributed by atoms with Crippen LogP contribution in [0.2, 0.25) is 0 Å². The average molecular weight is 283 g/mol. The molecule has 0 bridgehead atoms. The maximum absolute atomic E-state index is 11.7. The van der Waals surface area contributed by atoms with Gasteiger partial charge >= 0.3 is 5.69 Å². The summed E-state index contributed by atoms with van der Waals surface area (Å²) < 4.78 is 0. The summed E-state index contributed by atoms with van der Waals surface area (Å²) in [7, 11) is 0. The number of rotatable bonds is 7. The molecular formula is C13H21N3O4. The van der Waals surface area contributed by atoms with E-state index in [1.807, 2.05) is 18.8 Å². The number of hydrogen-bond acceptors (Lipinski definition) is 4. The number of amides is 1. The second-order valence-electron chi connectivity index (χ2n) is 4.74. The Balaban J connectivity index is 2.52. The minimum Gasteiger partial charge on any atom is -0.391 e. The molecule has 1 heterocycles. The fraction of sp³-hybridized carbons (Fsp3) is 0.615. The Kier molecular flexibility index (Phi) is 6.17. The van der Waals surface area contributed by atoms with Crippen molar-refractivity contribution in [3.05, 3.63) is 32.6 Å². The second kappa shape index (κ2) is 7.64. The van der Waals surface area contributed by atoms with Crippen LogP contribution in [-0.4, -0.2) is 33.6 Å². The van der Waals surface area contributed by atoms with Gasteiger partial charge in [0.15, 0.2) is 0 Å². The number of aromatic nitrogens is 2. The van der Waals surface area contributed by atoms with Crippen LogP contribution >= 0.6 is 0 Å². The summed E-state index contributed by atoms with van der Waals surface area (Å²) in [4.78, 5) is 38.2. The molecule has 4 N–H and O–H groups in total. The third-order valence-electron chi connectivity index (χ3n) is 3.27. The lowest BCUT2D eigenvalue weighted by Gasteiger charge is -2.20. The van der Waals surface area contributed by atoms with Gasteiger partial charge in [-0.15, -0.1) is 0 Å². The summed E-state index contributed by atoms with van der Waals surface area (Å²) in [6, 6.07) is 1.16. The molecule has 1 atom stereocenters. The molecule has 0 spiro atoms. The molecule has 0 saturated carbocycles. The number of hydrogen-bond donors (Lipinski definition) is 4. The van der Waals surface area contributed by atoms with Gasteiger partial charge in [-0.3, -0.25) is 14.6 Å². The number of aliphatic hydroxyl groups excluding tert-OH is 1. The van der Waals surface area contributed by atoms with Crippen LogP contribution in [0.3, 0.4) is 0 Å². The number of carbonyl (C=O) groups excluding carboxylic acids is 1. The molecular weight excluding hydrogens is 262 g/mol. The van der Waals surface area contributed by atoms with Crippen LogP contribution in [0.15, 0.2) is 15.7 Å². The lowest BCUT2D eigenvalue weighted by molar-refractivity contribution is -0.121. The van der Waals surface area contributed by atoms with Crippen molar-refractivity contribution in [2.45, 2.75) is 39.2 Å². The van der Waals surface area contributed by atoms with Gasteiger partial charge in [0.25, 0.3) is 5.56 Å². The standard InChI is InChI=1S/C13H21N3O4/c1-3-8(4-2)10(17)7-14-11(18)5-9-6-12(19)16-13(20)15-9/h6,8,10,17H,3-5,7H2,1-2H3,(H,14,18)(H2,15,16,19,20). The van der Waals surface area contributed by atoms with Crippen LogP contribution < -0.4 is 16.6 Å². The molecule has 1 unspecified atom stereocenters. The molecule has 0 aromatic carbocycles. The van der Waals surface area contributed by atoms with Gasteiger partial charge in [0.2, 0.25) is 5.91 Å². The largest absolute Gasteiger partial charge is 0.391 e. The fourth-order valence-corrected chi connectivity index (χ4v) is 2.07. The van der Waals surface area contributed by atoms with E-state index < -0.39 is 17.4 Å². The van der Waals surface area contributed by atoms with E-state index >= 15 is 0 Å². The summed E-state index contributed by atoms with van der Waals surface area (Å²) in [6.07, 6.45) is 0.991. The molecule has 0 aliphatic rings. The maximum atomic E-state index is 11.7. The van der Waals surface area contributed by atoms with E-state index in [4.69, 9.17) is 0 Å². The number of carbonyl (C=O) groups is 1. The van der Waals surface area contributed by atoms with Gasteiger partial charge < -0.3 is 15.4 Å². The monoisotopic (exact) mass is 283 g/mol. The fourth-order valence-electron chi connectivity index (χ4n) is 2.07. The van der Waals surface area contributed by atoms with Crippen LogP contribution in [0.4, 0.5) is 0 Å². The molecule has 20 heavy (non-hydrogen) atoms. The Hall–Kier alpha value is -1.89. The molecule has 0 fully saturated rings. The van der Waals surface area contributed by atoms with Crippen molar-refractivity contribution in [2.24, 2.45) is 5.92 Å². The van der Waals surface area contributed by atoms with Crippen molar-refractivity contribution in [2.75, 3.05) is 6.54 Å². The summed E-state index contributed by atoms with van der Waals surface area (Å²) in [6.45, 7) is 4.14. The van der Waals surface area contributed by atoms with Crippen molar-refractivity contribution in [3.8, 4) is 0 Å². The third-order valence-corrected chi connectivity index (χ3v) is 3.27. The second-order valence-corrected chi connectivity index (χ2v) is 4.74. The Morgan fingerprint density at radius 1 is 1.30 bits per heavy atom. The minimum absolute atomic E-state index is 0.102. The van der Waals surface area contributed by atoms with E-state index in [1.165, 1.54) is 0 Å². The lowest BCUT2D eigenvalue weighted by Crippen LogP contribution is -2.37. The highest BCUT2D eigenvalue weighted by Crippen LogP contribution is 2.12. The van der Waals surface area contributed by atoms with Crippen LogP contribution in [0.25, 0.3) is 0 Å². The summed E-state index contributed by atoms with van der Waals surface area (Å²) in [5, 5.41) is 12.5. The van der Waals surface area contributed by atoms with Gasteiger partial charge in [0, 0.05) is 18.3 Å². The van der Waals surface area contributed by atoms with Crippen LogP contribution in [0, 0.1) is 5.92 Å². The van der Waals surface area contributed by atoms with Crippen molar-refractivity contribution >= 4 is 5.91 Å². The van der Waals surface area contributed by atoms with E-state index in [-0.39, 0.29) is 30.5 Å². The Labute approximate surface area is 116 Å². The van der Waals surface area contributed by atoms with E-state index in [9.17, 15) is 19.5 Å². The van der Waals surface area contributed by atoms with E-state index in [1.54, 1.807) is 0 Å². The smallest absolute Gasteiger partial charge is 0.325 e. The van der Waals surface area contributed by atoms with Crippen molar-refractivity contribution in [1.29, 1.82) is 0 Å². The molecule has 0 aliphatic carbocycles. The van der Waals surface area contributed by atoms with E-state index in [0.717, 1.165) is 18.9 Å². The van der Waals surface area contributed by atoms with Gasteiger partial charge in [-0.2, -0.15) is 0 Å². The minimum atomic E-state index is -0.641. The summed E-state index contributed by atoms with van der Waals surface area (Å²) in [5.74, 6) is -0.203. The molecule has 1 rings (SSSR count). The first-order valence-corrected chi connectivity index (χ1v) is 6.73. The Morgan fingerprint density at radius 3 is 2.50 bits per heavy atom. The SMILES string of the molecule is CCC(CC)C(O)CNC(=O)Cc1cc(=O)[nH]c(=O)[nH]1. The first-order chi connectivity index (χ1) is 9.46. The predicted molar refractivity (Wildman–Crippen MR) is 74.5 cm³/mol. The molecule has 112 valence electrons. The van der Waals surface area contributed by atoms with Gasteiger partial charge in [-0.25, -0.2) is 4.79 Å². The normalized spacial score (nSPS) is 12.4. The van der Waals surface area contributed by atoms with Crippen LogP contribution in [0.5, 0.6) is 0 Å². The van der Waals surface area contributed by atoms with Gasteiger partial charge in [0.05, 0.1) is 12.5 Å². The Bertz CT molecular complexity index is 517. The quantitative estimate of drug-likeness (QED) is 0.541. The number of aliphatic hydroxyl groups is 1. The average Bonchev–Trinajstić information content (AvgIpc) is 2.36. The first kappa shape index (κ1) is 16.2. The van der Waals surface area contributed by atoms with Crippen LogP contribution in [0.1, 0.15) is 32.4 Å². The summed E-state index contributed by atoms with van der Waals surface area (Å²) in [5.41, 5.74) is -0.945. The zero-order valence-corrected chi connectivity index (χ0v) is 11.7. The molecule has 7 nitrogen and oxygen atoms in total. The van der Waals surface area contributed by atoms with E-state index in [2.05, 4.69) is 10.3 Å². The van der Waals surface area contributed by atoms with Crippen molar-refractivity contribution in [1.82, 2.24) is 15.3 Å². The van der Waals surface area contributed by atoms with Gasteiger partial charge in [-0.1, -0.05) is 26.7 Å². The van der Waals surface area contributed by atoms with Crippen molar-refractivity contribution in [3.63, 3.8) is 0 Å².